The number of amides is 2. The highest BCUT2D eigenvalue weighted by molar-refractivity contribution is 6.33. The van der Waals surface area contributed by atoms with Crippen LogP contribution in [0.1, 0.15) is 68.6 Å². The normalized spacial score (nSPS) is 23.7. The van der Waals surface area contributed by atoms with Gasteiger partial charge in [0.25, 0.3) is 5.91 Å². The van der Waals surface area contributed by atoms with E-state index in [2.05, 4.69) is 22.0 Å². The van der Waals surface area contributed by atoms with E-state index in [9.17, 15) is 9.59 Å². The zero-order chi connectivity index (χ0) is 23.9. The van der Waals surface area contributed by atoms with Gasteiger partial charge in [0.2, 0.25) is 5.91 Å². The maximum atomic E-state index is 13.4. The van der Waals surface area contributed by atoms with Crippen LogP contribution in [0.4, 0.5) is 0 Å². The van der Waals surface area contributed by atoms with Crippen molar-refractivity contribution in [1.82, 2.24) is 20.0 Å². The van der Waals surface area contributed by atoms with Crippen molar-refractivity contribution in [3.63, 3.8) is 0 Å². The van der Waals surface area contributed by atoms with E-state index in [0.717, 1.165) is 45.4 Å². The molecule has 7 heteroatoms. The molecule has 0 aromatic heterocycles. The monoisotopic (exact) mass is 488 g/mol. The number of nitrogens with zero attached hydrogens (tertiary/aromatic N) is 3. The molecule has 0 spiro atoms. The van der Waals surface area contributed by atoms with Gasteiger partial charge in [0.15, 0.2) is 0 Å². The second-order valence-electron chi connectivity index (χ2n) is 10.3. The van der Waals surface area contributed by atoms with E-state index in [1.807, 2.05) is 17.0 Å². The lowest BCUT2D eigenvalue weighted by atomic mass is 9.95. The quantitative estimate of drug-likeness (QED) is 0.561. The van der Waals surface area contributed by atoms with E-state index >= 15 is 0 Å². The first-order valence-corrected chi connectivity index (χ1v) is 13.7. The molecule has 2 amide bonds. The predicted octanol–water partition coefficient (Wildman–Crippen LogP) is 4.04. The molecule has 2 aliphatic heterocycles. The van der Waals surface area contributed by atoms with Crippen molar-refractivity contribution in [2.75, 3.05) is 45.8 Å². The maximum Gasteiger partial charge on any atom is 0.255 e. The highest BCUT2D eigenvalue weighted by Gasteiger charge is 2.37. The third kappa shape index (κ3) is 6.32. The number of halogens is 1. The van der Waals surface area contributed by atoms with Crippen molar-refractivity contribution in [2.45, 2.75) is 70.4 Å². The summed E-state index contributed by atoms with van der Waals surface area (Å²) in [5, 5.41) is 3.77. The molecule has 0 bridgehead atoms. The van der Waals surface area contributed by atoms with Crippen molar-refractivity contribution in [3.05, 3.63) is 34.9 Å². The van der Waals surface area contributed by atoms with Crippen molar-refractivity contribution in [1.29, 1.82) is 0 Å². The van der Waals surface area contributed by atoms with Crippen LogP contribution < -0.4 is 5.32 Å². The molecule has 0 radical (unpaired) electrons. The molecule has 1 saturated carbocycles. The highest BCUT2D eigenvalue weighted by atomic mass is 35.5. The minimum atomic E-state index is -0.0750. The third-order valence-corrected chi connectivity index (χ3v) is 8.41. The van der Waals surface area contributed by atoms with Gasteiger partial charge in [-0.05, 0) is 63.6 Å². The smallest absolute Gasteiger partial charge is 0.255 e. The van der Waals surface area contributed by atoms with Gasteiger partial charge < -0.3 is 15.1 Å². The van der Waals surface area contributed by atoms with Crippen LogP contribution in [0.2, 0.25) is 5.02 Å². The Kier molecular flexibility index (Phi) is 9.26. The van der Waals surface area contributed by atoms with E-state index in [0.29, 0.717) is 35.6 Å². The van der Waals surface area contributed by atoms with Gasteiger partial charge in [-0.1, -0.05) is 43.0 Å². The standard InChI is InChI=1S/C27H41ClN4O2/c1-21-9-6-7-15-30(21)16-8-14-29-26(33)25(22-10-2-3-11-22)31-17-19-32(20-18-31)27(34)23-12-4-5-13-24(23)28/h4-5,12-13,21-22,25H,2-3,6-11,14-20H2,1H3,(H,29,33)/t21-,25+/m1/s1. The van der Waals surface area contributed by atoms with Crippen molar-refractivity contribution in [2.24, 2.45) is 5.92 Å². The van der Waals surface area contributed by atoms with Gasteiger partial charge in [0.1, 0.15) is 0 Å². The molecule has 0 unspecified atom stereocenters. The summed E-state index contributed by atoms with van der Waals surface area (Å²) in [5.41, 5.74) is 0.561. The number of carbonyl (C=O) groups excluding carboxylic acids is 2. The van der Waals surface area contributed by atoms with Crippen LogP contribution in [0, 0.1) is 5.92 Å². The molecule has 2 heterocycles. The Morgan fingerprint density at radius 1 is 1.00 bits per heavy atom. The van der Waals surface area contributed by atoms with Crippen LogP contribution in [-0.2, 0) is 4.79 Å². The summed E-state index contributed by atoms with van der Waals surface area (Å²) in [4.78, 5) is 33.1. The topological polar surface area (TPSA) is 55.9 Å². The van der Waals surface area contributed by atoms with Gasteiger partial charge in [-0.2, -0.15) is 0 Å². The molecule has 34 heavy (non-hydrogen) atoms. The number of rotatable bonds is 8. The zero-order valence-electron chi connectivity index (χ0n) is 20.7. The lowest BCUT2D eigenvalue weighted by molar-refractivity contribution is -0.129. The average Bonchev–Trinajstić information content (AvgIpc) is 3.38. The summed E-state index contributed by atoms with van der Waals surface area (Å²) in [7, 11) is 0. The molecule has 3 aliphatic rings. The van der Waals surface area contributed by atoms with Gasteiger partial charge in [0, 0.05) is 45.3 Å². The fourth-order valence-corrected chi connectivity index (χ4v) is 6.26. The summed E-state index contributed by atoms with van der Waals surface area (Å²) < 4.78 is 0. The average molecular weight is 489 g/mol. The summed E-state index contributed by atoms with van der Waals surface area (Å²) in [6, 6.07) is 7.83. The molecule has 3 fully saturated rings. The number of piperidine rings is 1. The molecule has 188 valence electrons. The first kappa shape index (κ1) is 25.5. The van der Waals surface area contributed by atoms with E-state index < -0.39 is 0 Å². The summed E-state index contributed by atoms with van der Waals surface area (Å²) >= 11 is 6.25. The maximum absolute atomic E-state index is 13.4. The number of likely N-dealkylation sites (tertiary alicyclic amines) is 1. The highest BCUT2D eigenvalue weighted by Crippen LogP contribution is 2.31. The molecular weight excluding hydrogens is 448 g/mol. The van der Waals surface area contributed by atoms with E-state index in [1.165, 1.54) is 38.6 Å². The molecular formula is C27H41ClN4O2. The molecule has 1 aromatic rings. The zero-order valence-corrected chi connectivity index (χ0v) is 21.4. The van der Waals surface area contributed by atoms with Crippen LogP contribution in [0.25, 0.3) is 0 Å². The summed E-state index contributed by atoms with van der Waals surface area (Å²) in [6.07, 6.45) is 9.62. The Bertz CT molecular complexity index is 821. The first-order valence-electron chi connectivity index (χ1n) is 13.3. The van der Waals surface area contributed by atoms with Crippen molar-refractivity contribution >= 4 is 23.4 Å². The minimum absolute atomic E-state index is 0.0148. The SMILES string of the molecule is C[C@@H]1CCCCN1CCCNC(=O)[C@H](C1CCCC1)N1CCN(C(=O)c2ccccc2Cl)CC1. The van der Waals surface area contributed by atoms with Crippen molar-refractivity contribution < 1.29 is 9.59 Å². The number of nitrogens with one attached hydrogen (secondary N) is 1. The second kappa shape index (κ2) is 12.4. The van der Waals surface area contributed by atoms with Crippen LogP contribution in [0.5, 0.6) is 0 Å². The Morgan fingerprint density at radius 2 is 1.71 bits per heavy atom. The molecule has 6 nitrogen and oxygen atoms in total. The summed E-state index contributed by atoms with van der Waals surface area (Å²) in [5.74, 6) is 0.594. The lowest BCUT2D eigenvalue weighted by Gasteiger charge is -2.41. The number of hydrogen-bond donors (Lipinski definition) is 1. The fourth-order valence-electron chi connectivity index (χ4n) is 6.05. The Hall–Kier alpha value is -1.63. The van der Waals surface area contributed by atoms with Crippen LogP contribution in [0.15, 0.2) is 24.3 Å². The third-order valence-electron chi connectivity index (χ3n) is 8.08. The van der Waals surface area contributed by atoms with Crippen LogP contribution >= 0.6 is 11.6 Å². The van der Waals surface area contributed by atoms with Crippen LogP contribution in [0.3, 0.4) is 0 Å². The molecule has 1 aromatic carbocycles. The fraction of sp³-hybridized carbons (Fsp3) is 0.704. The largest absolute Gasteiger partial charge is 0.355 e. The Balaban J connectivity index is 1.29. The molecule has 1 aliphatic carbocycles. The molecule has 2 atom stereocenters. The van der Waals surface area contributed by atoms with Crippen molar-refractivity contribution in [3.8, 4) is 0 Å². The number of carbonyl (C=O) groups is 2. The molecule has 1 N–H and O–H groups in total. The molecule has 4 rings (SSSR count). The number of hydrogen-bond acceptors (Lipinski definition) is 4. The van der Waals surface area contributed by atoms with E-state index in [-0.39, 0.29) is 17.9 Å². The predicted molar refractivity (Wildman–Crippen MR) is 137 cm³/mol. The van der Waals surface area contributed by atoms with Gasteiger partial charge in [-0.15, -0.1) is 0 Å². The summed E-state index contributed by atoms with van der Waals surface area (Å²) in [6.45, 7) is 8.06. The lowest BCUT2D eigenvalue weighted by Crippen LogP contribution is -2.58. The Morgan fingerprint density at radius 3 is 2.41 bits per heavy atom. The first-order chi connectivity index (χ1) is 16.5. The minimum Gasteiger partial charge on any atom is -0.355 e. The van der Waals surface area contributed by atoms with Crippen LogP contribution in [-0.4, -0.2) is 84.4 Å². The van der Waals surface area contributed by atoms with E-state index in [1.54, 1.807) is 12.1 Å². The van der Waals surface area contributed by atoms with Gasteiger partial charge >= 0.3 is 0 Å². The van der Waals surface area contributed by atoms with Gasteiger partial charge in [-0.3, -0.25) is 14.5 Å². The molecule has 2 saturated heterocycles. The number of piperazine rings is 1. The Labute approximate surface area is 210 Å². The van der Waals surface area contributed by atoms with E-state index in [4.69, 9.17) is 11.6 Å². The second-order valence-corrected chi connectivity index (χ2v) is 10.7. The number of benzene rings is 1. The van der Waals surface area contributed by atoms with Gasteiger partial charge in [-0.25, -0.2) is 0 Å². The van der Waals surface area contributed by atoms with Gasteiger partial charge in [0.05, 0.1) is 16.6 Å².